The Labute approximate surface area is 36.1 Å². The van der Waals surface area contributed by atoms with Crippen molar-refractivity contribution in [1.82, 2.24) is 0 Å². The summed E-state index contributed by atoms with van der Waals surface area (Å²) in [6.07, 6.45) is 0.722. The molecule has 0 aliphatic rings. The van der Waals surface area contributed by atoms with Crippen LogP contribution in [0.1, 0.15) is 6.92 Å². The maximum absolute atomic E-state index is 10.9. The van der Waals surface area contributed by atoms with Gasteiger partial charge in [-0.3, -0.25) is 0 Å². The Kier molecular flexibility index (Phi) is 2.67. The van der Waals surface area contributed by atoms with Gasteiger partial charge in [0.25, 0.3) is 0 Å². The summed E-state index contributed by atoms with van der Waals surface area (Å²) in [4.78, 5) is 0. The van der Waals surface area contributed by atoms with Crippen LogP contribution in [-0.2, 0) is 0 Å². The molecule has 1 atom stereocenters. The molecule has 0 aromatic heterocycles. The molecular weight excluding hydrogens is 83.0 g/mol. The van der Waals surface area contributed by atoms with Crippen LogP contribution in [0.15, 0.2) is 12.4 Å². The van der Waals surface area contributed by atoms with Crippen molar-refractivity contribution in [1.29, 1.82) is 0 Å². The first-order valence-corrected chi connectivity index (χ1v) is 1.72. The molecule has 1 N–H and O–H groups in total. The van der Waals surface area contributed by atoms with E-state index in [2.05, 4.69) is 0 Å². The fraction of sp³-hybridized carbons (Fsp3) is 0.500. The summed E-state index contributed by atoms with van der Waals surface area (Å²) in [5, 5.41) is 8.23. The van der Waals surface area contributed by atoms with Gasteiger partial charge >= 0.3 is 0 Å². The Bertz CT molecular complexity index is 49.5. The topological polar surface area (TPSA) is 20.2 Å². The summed E-state index contributed by atoms with van der Waals surface area (Å²) in [5.41, 5.74) is 0. The van der Waals surface area contributed by atoms with Crippen molar-refractivity contribution in [3.05, 3.63) is 12.4 Å². The normalized spacial score (nSPS) is 15.8. The third-order valence-corrected chi connectivity index (χ3v) is 0.351. The van der Waals surface area contributed by atoms with Crippen molar-refractivity contribution in [3.63, 3.8) is 0 Å². The van der Waals surface area contributed by atoms with E-state index in [0.717, 1.165) is 6.08 Å². The molecule has 0 aromatic carbocycles. The lowest BCUT2D eigenvalue weighted by Crippen LogP contribution is -1.89. The van der Waals surface area contributed by atoms with Crippen LogP contribution in [0.5, 0.6) is 0 Å². The maximum atomic E-state index is 10.9. The second-order valence-corrected chi connectivity index (χ2v) is 1.06. The number of aliphatic hydroxyl groups is 1. The van der Waals surface area contributed by atoms with Crippen LogP contribution >= 0.6 is 0 Å². The zero-order valence-corrected chi connectivity index (χ0v) is 3.56. The summed E-state index contributed by atoms with van der Waals surface area (Å²) in [6.45, 7) is 1.48. The average Bonchev–Trinajstić information content (AvgIpc) is 1.35. The first kappa shape index (κ1) is 5.63. The second-order valence-electron chi connectivity index (χ2n) is 1.06. The van der Waals surface area contributed by atoms with Crippen LogP contribution in [0.2, 0.25) is 0 Å². The molecule has 0 saturated carbocycles. The number of halogens is 1. The molecule has 0 saturated heterocycles. The van der Waals surface area contributed by atoms with Gasteiger partial charge in [-0.1, -0.05) is 0 Å². The number of hydrogen-bond acceptors (Lipinski definition) is 1. The molecule has 6 heavy (non-hydrogen) atoms. The summed E-state index contributed by atoms with van der Waals surface area (Å²) >= 11 is 0. The molecule has 1 unspecified atom stereocenters. The summed E-state index contributed by atoms with van der Waals surface area (Å²) in [6, 6.07) is 0. The highest BCUT2D eigenvalue weighted by Gasteiger charge is 1.79. The van der Waals surface area contributed by atoms with Gasteiger partial charge in [0.15, 0.2) is 0 Å². The molecule has 36 valence electrons. The molecule has 0 aromatic rings. The average molecular weight is 90.1 g/mol. The maximum Gasteiger partial charge on any atom is 0.0852 e. The summed E-state index contributed by atoms with van der Waals surface area (Å²) in [7, 11) is 0. The molecule has 0 aliphatic carbocycles. The van der Waals surface area contributed by atoms with Gasteiger partial charge in [-0.15, -0.1) is 0 Å². The fourth-order valence-electron chi connectivity index (χ4n) is 0.105. The van der Waals surface area contributed by atoms with Gasteiger partial charge in [-0.25, -0.2) is 4.39 Å². The first-order valence-electron chi connectivity index (χ1n) is 1.72. The molecule has 0 radical (unpaired) electrons. The Morgan fingerprint density at radius 3 is 2.33 bits per heavy atom. The third-order valence-electron chi connectivity index (χ3n) is 0.351. The smallest absolute Gasteiger partial charge is 0.0852 e. The molecule has 0 aliphatic heterocycles. The minimum absolute atomic E-state index is 0.324. The molecule has 1 nitrogen and oxygen atoms in total. The van der Waals surface area contributed by atoms with Crippen molar-refractivity contribution < 1.29 is 9.50 Å². The highest BCUT2D eigenvalue weighted by molar-refractivity contribution is 4.77. The van der Waals surface area contributed by atoms with Crippen LogP contribution in [0, 0.1) is 0 Å². The van der Waals surface area contributed by atoms with E-state index < -0.39 is 6.10 Å². The van der Waals surface area contributed by atoms with Crippen LogP contribution in [0.3, 0.4) is 0 Å². The van der Waals surface area contributed by atoms with E-state index in [-0.39, 0.29) is 0 Å². The molecule has 0 bridgehead atoms. The fourth-order valence-corrected chi connectivity index (χ4v) is 0.105. The summed E-state index contributed by atoms with van der Waals surface area (Å²) < 4.78 is 10.9. The minimum atomic E-state index is -0.657. The van der Waals surface area contributed by atoms with E-state index in [9.17, 15) is 4.39 Å². The largest absolute Gasteiger partial charge is 0.389 e. The monoisotopic (exact) mass is 90.0 g/mol. The molecule has 0 heterocycles. The minimum Gasteiger partial charge on any atom is -0.389 e. The quantitative estimate of drug-likeness (QED) is 0.506. The Hall–Kier alpha value is -0.370. The van der Waals surface area contributed by atoms with Crippen molar-refractivity contribution >= 4 is 0 Å². The Morgan fingerprint density at radius 1 is 1.83 bits per heavy atom. The molecular formula is C4H7FO. The zero-order chi connectivity index (χ0) is 4.99. The van der Waals surface area contributed by atoms with E-state index in [0.29, 0.717) is 6.33 Å². The van der Waals surface area contributed by atoms with Crippen molar-refractivity contribution in [2.75, 3.05) is 0 Å². The third kappa shape index (κ3) is 3.63. The van der Waals surface area contributed by atoms with E-state index in [1.54, 1.807) is 0 Å². The zero-order valence-electron chi connectivity index (χ0n) is 3.56. The summed E-state index contributed by atoms with van der Waals surface area (Å²) in [5.74, 6) is 0. The molecule has 0 rings (SSSR count). The number of aliphatic hydroxyl groups excluding tert-OH is 1. The molecule has 0 spiro atoms. The van der Waals surface area contributed by atoms with E-state index >= 15 is 0 Å². The van der Waals surface area contributed by atoms with E-state index in [4.69, 9.17) is 5.11 Å². The van der Waals surface area contributed by atoms with Crippen molar-refractivity contribution in [2.45, 2.75) is 13.0 Å². The van der Waals surface area contributed by atoms with Crippen LogP contribution < -0.4 is 0 Å². The van der Waals surface area contributed by atoms with Crippen LogP contribution in [0.25, 0.3) is 0 Å². The first-order chi connectivity index (χ1) is 2.77. The van der Waals surface area contributed by atoms with Crippen molar-refractivity contribution in [2.24, 2.45) is 0 Å². The molecule has 2 heteroatoms. The SMILES string of the molecule is CC(O)C=CF. The van der Waals surface area contributed by atoms with Crippen molar-refractivity contribution in [3.8, 4) is 0 Å². The second kappa shape index (κ2) is 2.85. The number of hydrogen-bond donors (Lipinski definition) is 1. The van der Waals surface area contributed by atoms with Gasteiger partial charge in [0.05, 0.1) is 12.4 Å². The lowest BCUT2D eigenvalue weighted by atomic mass is 10.4. The van der Waals surface area contributed by atoms with Crippen LogP contribution in [0.4, 0.5) is 4.39 Å². The predicted octanol–water partition coefficient (Wildman–Crippen LogP) is 0.850. The van der Waals surface area contributed by atoms with E-state index in [1.165, 1.54) is 6.92 Å². The van der Waals surface area contributed by atoms with E-state index in [1.807, 2.05) is 0 Å². The Morgan fingerprint density at radius 2 is 2.33 bits per heavy atom. The van der Waals surface area contributed by atoms with Gasteiger partial charge < -0.3 is 5.11 Å². The van der Waals surface area contributed by atoms with Gasteiger partial charge in [0.1, 0.15) is 0 Å². The van der Waals surface area contributed by atoms with Gasteiger partial charge in [-0.05, 0) is 13.0 Å². The molecule has 0 amide bonds. The lowest BCUT2D eigenvalue weighted by molar-refractivity contribution is 0.242. The van der Waals surface area contributed by atoms with Gasteiger partial charge in [-0.2, -0.15) is 0 Å². The molecule has 0 fully saturated rings. The number of rotatable bonds is 1. The Balaban J connectivity index is 3.03. The lowest BCUT2D eigenvalue weighted by Gasteiger charge is -1.85. The highest BCUT2D eigenvalue weighted by atomic mass is 19.1. The standard InChI is InChI=1S/C4H7FO/c1-4(6)2-3-5/h2-4,6H,1H3. The predicted molar refractivity (Wildman–Crippen MR) is 21.9 cm³/mol. The van der Waals surface area contributed by atoms with Gasteiger partial charge in [0, 0.05) is 0 Å². The van der Waals surface area contributed by atoms with Crippen LogP contribution in [-0.4, -0.2) is 11.2 Å². The van der Waals surface area contributed by atoms with Gasteiger partial charge in [0.2, 0.25) is 0 Å². The highest BCUT2D eigenvalue weighted by Crippen LogP contribution is 1.80.